The third kappa shape index (κ3) is 3.62. The highest BCUT2D eigenvalue weighted by molar-refractivity contribution is 6.39. The lowest BCUT2D eigenvalue weighted by molar-refractivity contribution is -0.142. The van der Waals surface area contributed by atoms with Crippen molar-refractivity contribution in [3.63, 3.8) is 0 Å². The Morgan fingerprint density at radius 3 is 2.73 bits per heavy atom. The number of likely N-dealkylation sites (N-methyl/N-ethyl adjacent to an activating group) is 1. The van der Waals surface area contributed by atoms with Crippen molar-refractivity contribution in [3.8, 4) is 0 Å². The highest BCUT2D eigenvalue weighted by Gasteiger charge is 2.21. The number of rotatable bonds is 3. The average molecular weight is 323 g/mol. The van der Waals surface area contributed by atoms with Gasteiger partial charge in [-0.25, -0.2) is 0 Å². The molecule has 0 radical (unpaired) electrons. The van der Waals surface area contributed by atoms with E-state index in [4.69, 9.17) is 16.1 Å². The minimum atomic E-state index is -0.756. The smallest absolute Gasteiger partial charge is 0.313 e. The summed E-state index contributed by atoms with van der Waals surface area (Å²) in [4.78, 5) is 29.2. The van der Waals surface area contributed by atoms with Gasteiger partial charge < -0.3 is 14.7 Å². The van der Waals surface area contributed by atoms with E-state index >= 15 is 0 Å². The molecule has 0 aliphatic rings. The predicted molar refractivity (Wildman–Crippen MR) is 80.3 cm³/mol. The summed E-state index contributed by atoms with van der Waals surface area (Å²) < 4.78 is 4.82. The highest BCUT2D eigenvalue weighted by Crippen LogP contribution is 2.22. The molecule has 0 saturated carbocycles. The number of carbonyl (C=O) groups excluding carboxylic acids is 2. The van der Waals surface area contributed by atoms with Gasteiger partial charge in [-0.2, -0.15) is 4.98 Å². The Morgan fingerprint density at radius 2 is 2.09 bits per heavy atom. The van der Waals surface area contributed by atoms with E-state index in [1.165, 1.54) is 11.9 Å². The number of benzene rings is 1. The van der Waals surface area contributed by atoms with Crippen LogP contribution in [0, 0.1) is 13.8 Å². The summed E-state index contributed by atoms with van der Waals surface area (Å²) in [5, 5.41) is 6.74. The molecular weight excluding hydrogens is 308 g/mol. The van der Waals surface area contributed by atoms with Crippen molar-refractivity contribution in [2.75, 3.05) is 12.4 Å². The molecule has 0 atom stereocenters. The quantitative estimate of drug-likeness (QED) is 0.872. The van der Waals surface area contributed by atoms with Crippen LogP contribution in [0.2, 0.25) is 5.02 Å². The molecule has 2 rings (SSSR count). The van der Waals surface area contributed by atoms with Crippen LogP contribution in [0.3, 0.4) is 0 Å². The third-order valence-electron chi connectivity index (χ3n) is 3.01. The molecule has 7 nitrogen and oxygen atoms in total. The van der Waals surface area contributed by atoms with E-state index in [-0.39, 0.29) is 6.54 Å². The Balaban J connectivity index is 2.02. The van der Waals surface area contributed by atoms with Crippen molar-refractivity contribution in [3.05, 3.63) is 40.5 Å². The number of aromatic nitrogens is 2. The van der Waals surface area contributed by atoms with Crippen LogP contribution >= 0.6 is 11.6 Å². The van der Waals surface area contributed by atoms with Gasteiger partial charge in [-0.15, -0.1) is 0 Å². The van der Waals surface area contributed by atoms with Gasteiger partial charge in [-0.05, 0) is 24.6 Å². The van der Waals surface area contributed by atoms with Crippen LogP contribution in [0.1, 0.15) is 17.3 Å². The number of halogens is 1. The molecule has 2 amide bonds. The standard InChI is InChI=1S/C14H15ClN4O3/c1-8-10(15)5-4-6-11(8)17-13(20)14(21)19(3)7-12-16-9(2)22-18-12/h4-6H,7H2,1-3H3,(H,17,20). The second kappa shape index (κ2) is 6.57. The largest absolute Gasteiger partial charge is 0.340 e. The molecule has 0 bridgehead atoms. The Bertz CT molecular complexity index is 714. The molecule has 1 heterocycles. The van der Waals surface area contributed by atoms with Gasteiger partial charge >= 0.3 is 11.8 Å². The van der Waals surface area contributed by atoms with Gasteiger partial charge in [0.05, 0.1) is 6.54 Å². The number of carbonyl (C=O) groups is 2. The van der Waals surface area contributed by atoms with E-state index in [1.54, 1.807) is 32.0 Å². The fourth-order valence-electron chi connectivity index (χ4n) is 1.78. The van der Waals surface area contributed by atoms with Crippen molar-refractivity contribution in [1.29, 1.82) is 0 Å². The summed E-state index contributed by atoms with van der Waals surface area (Å²) in [5.41, 5.74) is 1.19. The molecule has 0 aliphatic heterocycles. The summed E-state index contributed by atoms with van der Waals surface area (Å²) in [6, 6.07) is 5.08. The monoisotopic (exact) mass is 322 g/mol. The number of nitrogens with one attached hydrogen (secondary N) is 1. The van der Waals surface area contributed by atoms with E-state index in [0.717, 1.165) is 0 Å². The zero-order chi connectivity index (χ0) is 16.3. The van der Waals surface area contributed by atoms with Crippen LogP contribution in [0.5, 0.6) is 0 Å². The molecule has 0 saturated heterocycles. The molecule has 22 heavy (non-hydrogen) atoms. The third-order valence-corrected chi connectivity index (χ3v) is 3.41. The molecule has 1 N–H and O–H groups in total. The molecule has 1 aromatic carbocycles. The lowest BCUT2D eigenvalue weighted by Crippen LogP contribution is -2.37. The summed E-state index contributed by atoms with van der Waals surface area (Å²) >= 11 is 5.98. The van der Waals surface area contributed by atoms with Crippen LogP contribution in [-0.2, 0) is 16.1 Å². The van der Waals surface area contributed by atoms with Crippen LogP contribution < -0.4 is 5.32 Å². The van der Waals surface area contributed by atoms with Gasteiger partial charge in [0.2, 0.25) is 5.89 Å². The number of amides is 2. The minimum Gasteiger partial charge on any atom is -0.340 e. The molecular formula is C14H15ClN4O3. The van der Waals surface area contributed by atoms with Crippen molar-refractivity contribution < 1.29 is 14.1 Å². The SMILES string of the molecule is Cc1nc(CN(C)C(=O)C(=O)Nc2cccc(Cl)c2C)no1. The summed E-state index contributed by atoms with van der Waals surface area (Å²) in [6.45, 7) is 3.49. The number of nitrogens with zero attached hydrogens (tertiary/aromatic N) is 3. The first-order valence-corrected chi connectivity index (χ1v) is 6.87. The number of hydrogen-bond acceptors (Lipinski definition) is 5. The number of aryl methyl sites for hydroxylation is 1. The normalized spacial score (nSPS) is 10.4. The van der Waals surface area contributed by atoms with Crippen molar-refractivity contribution in [2.24, 2.45) is 0 Å². The molecule has 0 fully saturated rings. The van der Waals surface area contributed by atoms with Gasteiger partial charge in [0.1, 0.15) is 0 Å². The van der Waals surface area contributed by atoms with Crippen LogP contribution in [0.4, 0.5) is 5.69 Å². The first-order valence-electron chi connectivity index (χ1n) is 6.49. The fourth-order valence-corrected chi connectivity index (χ4v) is 1.96. The average Bonchev–Trinajstić information content (AvgIpc) is 2.88. The van der Waals surface area contributed by atoms with Gasteiger partial charge in [0, 0.05) is 24.7 Å². The Labute approximate surface area is 132 Å². The van der Waals surface area contributed by atoms with E-state index in [2.05, 4.69) is 15.5 Å². The van der Waals surface area contributed by atoms with Crippen molar-refractivity contribution >= 4 is 29.1 Å². The maximum absolute atomic E-state index is 12.0. The summed E-state index contributed by atoms with van der Waals surface area (Å²) in [6.07, 6.45) is 0. The summed E-state index contributed by atoms with van der Waals surface area (Å²) in [7, 11) is 1.48. The molecule has 0 aliphatic carbocycles. The van der Waals surface area contributed by atoms with Crippen LogP contribution in [0.15, 0.2) is 22.7 Å². The maximum Gasteiger partial charge on any atom is 0.313 e. The lowest BCUT2D eigenvalue weighted by Gasteiger charge is -2.15. The van der Waals surface area contributed by atoms with Gasteiger partial charge in [0.15, 0.2) is 5.82 Å². The Morgan fingerprint density at radius 1 is 1.36 bits per heavy atom. The van der Waals surface area contributed by atoms with E-state index in [0.29, 0.717) is 28.0 Å². The maximum atomic E-state index is 12.0. The van der Waals surface area contributed by atoms with Crippen molar-refractivity contribution in [1.82, 2.24) is 15.0 Å². The molecule has 0 spiro atoms. The van der Waals surface area contributed by atoms with Crippen LogP contribution in [0.25, 0.3) is 0 Å². The topological polar surface area (TPSA) is 88.3 Å². The minimum absolute atomic E-state index is 0.0815. The number of anilines is 1. The Hall–Kier alpha value is -2.41. The predicted octanol–water partition coefficient (Wildman–Crippen LogP) is 1.94. The molecule has 2 aromatic rings. The molecule has 8 heteroatoms. The second-order valence-corrected chi connectivity index (χ2v) is 5.16. The first-order chi connectivity index (χ1) is 10.4. The first kappa shape index (κ1) is 16.0. The second-order valence-electron chi connectivity index (χ2n) is 4.76. The van der Waals surface area contributed by atoms with Gasteiger partial charge in [-0.3, -0.25) is 9.59 Å². The Kier molecular flexibility index (Phi) is 4.77. The van der Waals surface area contributed by atoms with E-state index in [9.17, 15) is 9.59 Å². The highest BCUT2D eigenvalue weighted by atomic mass is 35.5. The zero-order valence-corrected chi connectivity index (χ0v) is 13.1. The molecule has 116 valence electrons. The molecule has 1 aromatic heterocycles. The van der Waals surface area contributed by atoms with Crippen molar-refractivity contribution in [2.45, 2.75) is 20.4 Å². The van der Waals surface area contributed by atoms with E-state index < -0.39 is 11.8 Å². The fraction of sp³-hybridized carbons (Fsp3) is 0.286. The van der Waals surface area contributed by atoms with Crippen LogP contribution in [-0.4, -0.2) is 33.9 Å². The van der Waals surface area contributed by atoms with Gasteiger partial charge in [0.25, 0.3) is 0 Å². The lowest BCUT2D eigenvalue weighted by atomic mass is 10.2. The van der Waals surface area contributed by atoms with E-state index in [1.807, 2.05) is 0 Å². The summed E-state index contributed by atoms with van der Waals surface area (Å²) in [5.74, 6) is -0.732. The van der Waals surface area contributed by atoms with Gasteiger partial charge in [-0.1, -0.05) is 22.8 Å². The zero-order valence-electron chi connectivity index (χ0n) is 12.4. The molecule has 0 unspecified atom stereocenters. The number of hydrogen-bond donors (Lipinski definition) is 1.